The molecule has 0 aromatic heterocycles. The largest absolute Gasteiger partial charge is 0.496 e. The fourth-order valence-electron chi connectivity index (χ4n) is 3.78. The molecule has 8 heteroatoms. The van der Waals surface area contributed by atoms with E-state index in [0.29, 0.717) is 12.2 Å². The minimum absolute atomic E-state index is 0.260. The average Bonchev–Trinajstić information content (AvgIpc) is 3.08. The second kappa shape index (κ2) is 10.3. The second-order valence-electron chi connectivity index (χ2n) is 8.03. The van der Waals surface area contributed by atoms with E-state index in [-0.39, 0.29) is 23.6 Å². The average molecular weight is 453 g/mol. The summed E-state index contributed by atoms with van der Waals surface area (Å²) in [7, 11) is 3.15. The lowest BCUT2D eigenvalue weighted by Gasteiger charge is -2.29. The maximum absolute atomic E-state index is 13.0. The van der Waals surface area contributed by atoms with E-state index in [1.807, 2.05) is 25.1 Å². The molecular formula is C25H28N2O6. The van der Waals surface area contributed by atoms with Crippen molar-refractivity contribution < 1.29 is 28.7 Å². The van der Waals surface area contributed by atoms with E-state index in [0.717, 1.165) is 10.5 Å². The van der Waals surface area contributed by atoms with E-state index in [9.17, 15) is 19.2 Å². The van der Waals surface area contributed by atoms with Crippen LogP contribution in [0.5, 0.6) is 5.75 Å². The molecule has 0 N–H and O–H groups in total. The van der Waals surface area contributed by atoms with Gasteiger partial charge in [-0.3, -0.25) is 19.3 Å². The molecule has 174 valence electrons. The van der Waals surface area contributed by atoms with Crippen molar-refractivity contribution in [1.82, 2.24) is 9.80 Å². The molecular weight excluding hydrogens is 424 g/mol. The second-order valence-corrected chi connectivity index (χ2v) is 8.03. The summed E-state index contributed by atoms with van der Waals surface area (Å²) in [5.41, 5.74) is 1.33. The smallest absolute Gasteiger partial charge is 0.330 e. The van der Waals surface area contributed by atoms with Gasteiger partial charge in [0.25, 0.3) is 17.7 Å². The van der Waals surface area contributed by atoms with E-state index < -0.39 is 36.3 Å². The van der Waals surface area contributed by atoms with Gasteiger partial charge >= 0.3 is 5.97 Å². The summed E-state index contributed by atoms with van der Waals surface area (Å²) < 4.78 is 10.6. The topological polar surface area (TPSA) is 93.2 Å². The number of fused-ring (bicyclic) bond motifs is 1. The third-order valence-corrected chi connectivity index (χ3v) is 5.89. The molecule has 0 spiro atoms. The molecule has 0 fully saturated rings. The summed E-state index contributed by atoms with van der Waals surface area (Å²) in [6.07, 6.45) is 0.537. The molecule has 0 radical (unpaired) electrons. The maximum atomic E-state index is 13.0. The summed E-state index contributed by atoms with van der Waals surface area (Å²) in [5.74, 6) is -1.95. The summed E-state index contributed by atoms with van der Waals surface area (Å²) in [5, 5.41) is 0. The molecule has 3 rings (SSSR count). The van der Waals surface area contributed by atoms with Crippen LogP contribution in [0, 0.1) is 5.92 Å². The minimum atomic E-state index is -1.12. The first-order valence-corrected chi connectivity index (χ1v) is 10.8. The predicted molar refractivity (Wildman–Crippen MR) is 121 cm³/mol. The SMILES string of the molecule is CCC(C)C(C(=O)OCC(=O)N(C)Cc1ccccc1OC)N1C(=O)c2ccccc2C1=O. The zero-order valence-corrected chi connectivity index (χ0v) is 19.2. The summed E-state index contributed by atoms with van der Waals surface area (Å²) >= 11 is 0. The first kappa shape index (κ1) is 24.0. The van der Waals surface area contributed by atoms with Gasteiger partial charge < -0.3 is 14.4 Å². The highest BCUT2D eigenvalue weighted by molar-refractivity contribution is 6.22. The Morgan fingerprint density at radius 2 is 1.58 bits per heavy atom. The predicted octanol–water partition coefficient (Wildman–Crippen LogP) is 2.91. The molecule has 2 aromatic carbocycles. The Morgan fingerprint density at radius 1 is 1.00 bits per heavy atom. The maximum Gasteiger partial charge on any atom is 0.330 e. The third-order valence-electron chi connectivity index (χ3n) is 5.89. The third kappa shape index (κ3) is 4.89. The number of carbonyl (C=O) groups is 4. The number of rotatable bonds is 9. The van der Waals surface area contributed by atoms with Gasteiger partial charge in [0.15, 0.2) is 6.61 Å². The molecule has 2 aromatic rings. The zero-order chi connectivity index (χ0) is 24.1. The lowest BCUT2D eigenvalue weighted by Crippen LogP contribution is -2.49. The molecule has 1 aliphatic heterocycles. The quantitative estimate of drug-likeness (QED) is 0.429. The van der Waals surface area contributed by atoms with E-state index in [2.05, 4.69) is 0 Å². The number of para-hydroxylation sites is 1. The Balaban J connectivity index is 1.69. The van der Waals surface area contributed by atoms with Crippen LogP contribution in [0.15, 0.2) is 48.5 Å². The van der Waals surface area contributed by atoms with Crippen LogP contribution in [0.1, 0.15) is 46.5 Å². The van der Waals surface area contributed by atoms with Crippen LogP contribution in [-0.4, -0.2) is 60.3 Å². The van der Waals surface area contributed by atoms with Crippen molar-refractivity contribution in [2.45, 2.75) is 32.9 Å². The van der Waals surface area contributed by atoms with Gasteiger partial charge in [-0.2, -0.15) is 0 Å². The van der Waals surface area contributed by atoms with Crippen molar-refractivity contribution in [3.05, 3.63) is 65.2 Å². The van der Waals surface area contributed by atoms with Crippen molar-refractivity contribution in [3.8, 4) is 5.75 Å². The molecule has 0 bridgehead atoms. The fourth-order valence-corrected chi connectivity index (χ4v) is 3.78. The fraction of sp³-hybridized carbons (Fsp3) is 0.360. The van der Waals surface area contributed by atoms with Crippen LogP contribution >= 0.6 is 0 Å². The highest BCUT2D eigenvalue weighted by atomic mass is 16.5. The normalized spacial score (nSPS) is 14.5. The number of methoxy groups -OCH3 is 1. The van der Waals surface area contributed by atoms with Gasteiger partial charge in [-0.15, -0.1) is 0 Å². The van der Waals surface area contributed by atoms with Crippen molar-refractivity contribution in [3.63, 3.8) is 0 Å². The van der Waals surface area contributed by atoms with E-state index in [4.69, 9.17) is 9.47 Å². The first-order chi connectivity index (χ1) is 15.8. The highest BCUT2D eigenvalue weighted by Crippen LogP contribution is 2.28. The Kier molecular flexibility index (Phi) is 7.48. The van der Waals surface area contributed by atoms with Crippen LogP contribution in [0.2, 0.25) is 0 Å². The van der Waals surface area contributed by atoms with Crippen LogP contribution < -0.4 is 4.74 Å². The van der Waals surface area contributed by atoms with Crippen molar-refractivity contribution in [2.24, 2.45) is 5.92 Å². The molecule has 2 unspecified atom stereocenters. The lowest BCUT2D eigenvalue weighted by molar-refractivity contribution is -0.156. The van der Waals surface area contributed by atoms with E-state index in [1.54, 1.807) is 51.4 Å². The van der Waals surface area contributed by atoms with Gasteiger partial charge in [0, 0.05) is 19.2 Å². The van der Waals surface area contributed by atoms with Crippen molar-refractivity contribution in [1.29, 1.82) is 0 Å². The van der Waals surface area contributed by atoms with Crippen LogP contribution in [-0.2, 0) is 20.9 Å². The highest BCUT2D eigenvalue weighted by Gasteiger charge is 2.45. The number of esters is 1. The number of benzene rings is 2. The standard InChI is InChI=1S/C25H28N2O6/c1-5-16(2)22(27-23(29)18-11-7-8-12-19(18)24(27)30)25(31)33-15-21(28)26(3)14-17-10-6-9-13-20(17)32-4/h6-13,16,22H,5,14-15H2,1-4H3. The van der Waals surface area contributed by atoms with Gasteiger partial charge in [0.2, 0.25) is 0 Å². The van der Waals surface area contributed by atoms with Gasteiger partial charge in [0.1, 0.15) is 11.8 Å². The molecule has 33 heavy (non-hydrogen) atoms. The Labute approximate surface area is 193 Å². The molecule has 0 aliphatic carbocycles. The first-order valence-electron chi connectivity index (χ1n) is 10.8. The van der Waals surface area contributed by atoms with Gasteiger partial charge in [-0.25, -0.2) is 4.79 Å². The number of hydrogen-bond donors (Lipinski definition) is 0. The monoisotopic (exact) mass is 452 g/mol. The lowest BCUT2D eigenvalue weighted by atomic mass is 9.97. The summed E-state index contributed by atoms with van der Waals surface area (Å²) in [6, 6.07) is 12.7. The molecule has 2 atom stereocenters. The number of carbonyl (C=O) groups excluding carboxylic acids is 4. The van der Waals surface area contributed by atoms with Crippen LogP contribution in [0.3, 0.4) is 0 Å². The molecule has 1 heterocycles. The molecule has 8 nitrogen and oxygen atoms in total. The Hall–Kier alpha value is -3.68. The van der Waals surface area contributed by atoms with Crippen LogP contribution in [0.4, 0.5) is 0 Å². The number of amides is 3. The Morgan fingerprint density at radius 3 is 2.15 bits per heavy atom. The van der Waals surface area contributed by atoms with Crippen molar-refractivity contribution >= 4 is 23.7 Å². The number of likely N-dealkylation sites (N-methyl/N-ethyl adjacent to an activating group) is 1. The minimum Gasteiger partial charge on any atom is -0.496 e. The number of hydrogen-bond acceptors (Lipinski definition) is 6. The van der Waals surface area contributed by atoms with Gasteiger partial charge in [-0.05, 0) is 24.1 Å². The van der Waals surface area contributed by atoms with Gasteiger partial charge in [0.05, 0.1) is 18.2 Å². The zero-order valence-electron chi connectivity index (χ0n) is 19.2. The molecule has 0 saturated heterocycles. The van der Waals surface area contributed by atoms with Crippen LogP contribution in [0.25, 0.3) is 0 Å². The van der Waals surface area contributed by atoms with Gasteiger partial charge in [-0.1, -0.05) is 50.6 Å². The molecule has 1 aliphatic rings. The molecule has 0 saturated carbocycles. The van der Waals surface area contributed by atoms with E-state index in [1.165, 1.54) is 4.90 Å². The van der Waals surface area contributed by atoms with Crippen molar-refractivity contribution in [2.75, 3.05) is 20.8 Å². The molecule has 3 amide bonds. The van der Waals surface area contributed by atoms with E-state index >= 15 is 0 Å². The summed E-state index contributed by atoms with van der Waals surface area (Å²) in [4.78, 5) is 53.8. The summed E-state index contributed by atoms with van der Waals surface area (Å²) in [6.45, 7) is 3.40. The number of nitrogens with zero attached hydrogens (tertiary/aromatic N) is 2. The number of imide groups is 1. The Bertz CT molecular complexity index is 1030. The number of ether oxygens (including phenoxy) is 2.